The maximum Gasteiger partial charge on any atom is 0.306 e. The van der Waals surface area contributed by atoms with Crippen LogP contribution in [-0.2, 0) is 28.6 Å². The van der Waals surface area contributed by atoms with E-state index in [1.807, 2.05) is 6.08 Å². The van der Waals surface area contributed by atoms with Crippen LogP contribution in [0.5, 0.6) is 0 Å². The van der Waals surface area contributed by atoms with Crippen LogP contribution in [0.1, 0.15) is 265 Å². The molecular formula is C57H100O6. The van der Waals surface area contributed by atoms with E-state index in [0.29, 0.717) is 19.3 Å². The summed E-state index contributed by atoms with van der Waals surface area (Å²) in [4.78, 5) is 37.9. The highest BCUT2D eigenvalue weighted by Crippen LogP contribution is 2.16. The van der Waals surface area contributed by atoms with E-state index >= 15 is 0 Å². The van der Waals surface area contributed by atoms with Gasteiger partial charge in [-0.1, -0.05) is 255 Å². The average Bonchev–Trinajstić information content (AvgIpc) is 3.28. The molecular weight excluding hydrogens is 781 g/mol. The van der Waals surface area contributed by atoms with E-state index in [0.717, 1.165) is 70.6 Å². The van der Waals surface area contributed by atoms with Crippen LogP contribution in [0.2, 0.25) is 0 Å². The van der Waals surface area contributed by atoms with Gasteiger partial charge >= 0.3 is 17.9 Å². The van der Waals surface area contributed by atoms with Gasteiger partial charge in [-0.2, -0.15) is 0 Å². The quantitative estimate of drug-likeness (QED) is 0.0262. The predicted octanol–water partition coefficient (Wildman–Crippen LogP) is 17.6. The summed E-state index contributed by atoms with van der Waals surface area (Å²) in [5, 5.41) is 0. The molecule has 0 amide bonds. The molecule has 364 valence electrons. The lowest BCUT2D eigenvalue weighted by atomic mass is 10.0. The largest absolute Gasteiger partial charge is 0.462 e. The van der Waals surface area contributed by atoms with Gasteiger partial charge in [-0.15, -0.1) is 0 Å². The Labute approximate surface area is 390 Å². The summed E-state index contributed by atoms with van der Waals surface area (Å²) in [6.07, 6.45) is 63.7. The van der Waals surface area contributed by atoms with Gasteiger partial charge in [0.25, 0.3) is 0 Å². The van der Waals surface area contributed by atoms with Gasteiger partial charge in [0.2, 0.25) is 0 Å². The SMILES string of the molecule is CC/C=C\C/C=C\C/C=C\C/C=C\C/C=C\CCC(=O)OC(COC(=O)CCCCCCCCCCCC)COC(=O)CCCCCCCCCCCCCCCCCCCCC. The highest BCUT2D eigenvalue weighted by atomic mass is 16.6. The molecule has 0 aromatic carbocycles. The zero-order chi connectivity index (χ0) is 45.8. The lowest BCUT2D eigenvalue weighted by Crippen LogP contribution is -2.30. The molecule has 1 unspecified atom stereocenters. The van der Waals surface area contributed by atoms with Crippen LogP contribution >= 0.6 is 0 Å². The van der Waals surface area contributed by atoms with Gasteiger partial charge in [0, 0.05) is 19.3 Å². The lowest BCUT2D eigenvalue weighted by molar-refractivity contribution is -0.166. The fraction of sp³-hybridized carbons (Fsp3) is 0.772. The summed E-state index contributed by atoms with van der Waals surface area (Å²) >= 11 is 0. The summed E-state index contributed by atoms with van der Waals surface area (Å²) in [6.45, 7) is 6.47. The van der Waals surface area contributed by atoms with E-state index in [-0.39, 0.29) is 37.5 Å². The molecule has 0 aromatic heterocycles. The Kier molecular flexibility index (Phi) is 49.4. The Hall–Kier alpha value is -2.89. The third kappa shape index (κ3) is 50.0. The molecule has 0 aliphatic heterocycles. The topological polar surface area (TPSA) is 78.9 Å². The Balaban J connectivity index is 4.38. The zero-order valence-electron chi connectivity index (χ0n) is 41.6. The van der Waals surface area contributed by atoms with Crippen LogP contribution in [0.4, 0.5) is 0 Å². The zero-order valence-corrected chi connectivity index (χ0v) is 41.6. The molecule has 0 spiro atoms. The molecule has 0 aliphatic carbocycles. The first-order valence-electron chi connectivity index (χ1n) is 26.8. The third-order valence-electron chi connectivity index (χ3n) is 11.6. The Morgan fingerprint density at radius 1 is 0.333 bits per heavy atom. The Bertz CT molecular complexity index is 1150. The second kappa shape index (κ2) is 51.7. The molecule has 6 nitrogen and oxygen atoms in total. The Morgan fingerprint density at radius 2 is 0.619 bits per heavy atom. The molecule has 0 radical (unpaired) electrons. The smallest absolute Gasteiger partial charge is 0.306 e. The van der Waals surface area contributed by atoms with E-state index in [1.54, 1.807) is 0 Å². The van der Waals surface area contributed by atoms with E-state index < -0.39 is 6.10 Å². The van der Waals surface area contributed by atoms with Crippen molar-refractivity contribution in [1.82, 2.24) is 0 Å². The first kappa shape index (κ1) is 60.1. The summed E-state index contributed by atoms with van der Waals surface area (Å²) in [6, 6.07) is 0. The number of allylic oxidation sites excluding steroid dienone is 10. The molecule has 0 fully saturated rings. The monoisotopic (exact) mass is 881 g/mol. The van der Waals surface area contributed by atoms with Gasteiger partial charge in [-0.25, -0.2) is 0 Å². The van der Waals surface area contributed by atoms with E-state index in [2.05, 4.69) is 75.5 Å². The maximum atomic E-state index is 12.8. The van der Waals surface area contributed by atoms with E-state index in [4.69, 9.17) is 14.2 Å². The molecule has 0 saturated carbocycles. The van der Waals surface area contributed by atoms with Crippen molar-refractivity contribution in [2.45, 2.75) is 271 Å². The molecule has 0 saturated heterocycles. The predicted molar refractivity (Wildman–Crippen MR) is 270 cm³/mol. The molecule has 0 N–H and O–H groups in total. The molecule has 6 heteroatoms. The molecule has 0 heterocycles. The van der Waals surface area contributed by atoms with Crippen molar-refractivity contribution in [2.75, 3.05) is 13.2 Å². The second-order valence-electron chi connectivity index (χ2n) is 17.8. The number of unbranched alkanes of at least 4 members (excludes halogenated alkanes) is 27. The van der Waals surface area contributed by atoms with Crippen LogP contribution in [0.15, 0.2) is 60.8 Å². The van der Waals surface area contributed by atoms with E-state index in [1.165, 1.54) is 148 Å². The molecule has 0 bridgehead atoms. The molecule has 63 heavy (non-hydrogen) atoms. The number of carbonyl (C=O) groups excluding carboxylic acids is 3. The summed E-state index contributed by atoms with van der Waals surface area (Å²) in [7, 11) is 0. The molecule has 1 atom stereocenters. The maximum absolute atomic E-state index is 12.8. The first-order valence-corrected chi connectivity index (χ1v) is 26.8. The third-order valence-corrected chi connectivity index (χ3v) is 11.6. The first-order chi connectivity index (χ1) is 31.0. The number of hydrogen-bond donors (Lipinski definition) is 0. The van der Waals surface area contributed by atoms with Gasteiger partial charge in [-0.05, 0) is 51.4 Å². The average molecular weight is 881 g/mol. The Morgan fingerprint density at radius 3 is 0.937 bits per heavy atom. The number of esters is 3. The van der Waals surface area contributed by atoms with Crippen LogP contribution in [0.25, 0.3) is 0 Å². The number of rotatable bonds is 48. The number of ether oxygens (including phenoxy) is 3. The normalized spacial score (nSPS) is 12.5. The summed E-state index contributed by atoms with van der Waals surface area (Å²) in [5.41, 5.74) is 0. The van der Waals surface area contributed by atoms with Gasteiger partial charge < -0.3 is 14.2 Å². The molecule has 0 aromatic rings. The minimum absolute atomic E-state index is 0.100. The lowest BCUT2D eigenvalue weighted by Gasteiger charge is -2.18. The standard InChI is InChI=1S/C57H100O6/c1-4-7-10-13-16-19-22-24-26-28-29-30-32-33-35-38-41-44-47-50-56(59)62-53-54(52-61-55(58)49-46-43-40-37-21-18-15-12-9-6-3)63-57(60)51-48-45-42-39-36-34-31-27-25-23-20-17-14-11-8-5-2/h8,11,17,20,25,27,34,36,42,45,54H,4-7,9-10,12-16,18-19,21-24,26,28-33,35,37-41,43-44,46-53H2,1-3H3/b11-8-,20-17-,27-25-,36-34-,45-42-. The highest BCUT2D eigenvalue weighted by molar-refractivity contribution is 5.71. The van der Waals surface area contributed by atoms with Crippen molar-refractivity contribution in [3.05, 3.63) is 60.8 Å². The van der Waals surface area contributed by atoms with Crippen LogP contribution in [-0.4, -0.2) is 37.2 Å². The van der Waals surface area contributed by atoms with Gasteiger partial charge in [0.15, 0.2) is 6.10 Å². The van der Waals surface area contributed by atoms with Gasteiger partial charge in [0.05, 0.1) is 0 Å². The summed E-state index contributed by atoms with van der Waals surface area (Å²) < 4.78 is 16.7. The van der Waals surface area contributed by atoms with Crippen molar-refractivity contribution in [1.29, 1.82) is 0 Å². The number of carbonyl (C=O) groups is 3. The van der Waals surface area contributed by atoms with Crippen molar-refractivity contribution < 1.29 is 28.6 Å². The fourth-order valence-electron chi connectivity index (χ4n) is 7.55. The second-order valence-corrected chi connectivity index (χ2v) is 17.8. The fourth-order valence-corrected chi connectivity index (χ4v) is 7.55. The van der Waals surface area contributed by atoms with Crippen LogP contribution in [0, 0.1) is 0 Å². The minimum Gasteiger partial charge on any atom is -0.462 e. The van der Waals surface area contributed by atoms with Crippen LogP contribution < -0.4 is 0 Å². The highest BCUT2D eigenvalue weighted by Gasteiger charge is 2.19. The van der Waals surface area contributed by atoms with Crippen molar-refractivity contribution >= 4 is 17.9 Å². The number of hydrogen-bond acceptors (Lipinski definition) is 6. The van der Waals surface area contributed by atoms with Crippen molar-refractivity contribution in [3.8, 4) is 0 Å². The summed E-state index contributed by atoms with van der Waals surface area (Å²) in [5.74, 6) is -0.977. The van der Waals surface area contributed by atoms with Gasteiger partial charge in [0.1, 0.15) is 13.2 Å². The minimum atomic E-state index is -0.809. The molecule has 0 rings (SSSR count). The van der Waals surface area contributed by atoms with Crippen molar-refractivity contribution in [2.24, 2.45) is 0 Å². The molecule has 0 aliphatic rings. The van der Waals surface area contributed by atoms with Crippen LogP contribution in [0.3, 0.4) is 0 Å². The van der Waals surface area contributed by atoms with Crippen molar-refractivity contribution in [3.63, 3.8) is 0 Å². The van der Waals surface area contributed by atoms with Gasteiger partial charge in [-0.3, -0.25) is 14.4 Å². The van der Waals surface area contributed by atoms with E-state index in [9.17, 15) is 14.4 Å².